The first-order valence-corrected chi connectivity index (χ1v) is 6.58. The molecular weight excluding hydrogens is 275 g/mol. The Morgan fingerprint density at radius 2 is 2.33 bits per heavy atom. The molecule has 1 atom stereocenters. The lowest BCUT2D eigenvalue weighted by molar-refractivity contribution is 0.0785. The van der Waals surface area contributed by atoms with E-state index in [4.69, 9.17) is 28.3 Å². The van der Waals surface area contributed by atoms with Crippen molar-refractivity contribution in [2.24, 2.45) is 5.92 Å². The van der Waals surface area contributed by atoms with Gasteiger partial charge in [-0.3, -0.25) is 4.79 Å². The Labute approximate surface area is 116 Å². The van der Waals surface area contributed by atoms with Crippen LogP contribution in [0.4, 0.5) is 0 Å². The highest BCUT2D eigenvalue weighted by molar-refractivity contribution is 6.35. The van der Waals surface area contributed by atoms with Gasteiger partial charge in [-0.25, -0.2) is 4.98 Å². The van der Waals surface area contributed by atoms with E-state index in [1.165, 1.54) is 12.3 Å². The predicted octanol–water partition coefficient (Wildman–Crippen LogP) is 2.23. The first kappa shape index (κ1) is 13.6. The number of aliphatic hydroxyl groups is 1. The van der Waals surface area contributed by atoms with E-state index < -0.39 is 0 Å². The number of nitrogens with zero attached hydrogens (tertiary/aromatic N) is 2. The van der Waals surface area contributed by atoms with E-state index in [9.17, 15) is 4.79 Å². The normalized spacial score (nSPS) is 19.3. The summed E-state index contributed by atoms with van der Waals surface area (Å²) in [5.74, 6) is 0.250. The zero-order valence-corrected chi connectivity index (χ0v) is 11.3. The molecule has 1 aromatic rings. The van der Waals surface area contributed by atoms with Crippen LogP contribution < -0.4 is 0 Å². The van der Waals surface area contributed by atoms with E-state index in [0.29, 0.717) is 29.6 Å². The number of amides is 1. The summed E-state index contributed by atoms with van der Waals surface area (Å²) in [4.78, 5) is 17.8. The van der Waals surface area contributed by atoms with Crippen molar-refractivity contribution in [1.82, 2.24) is 9.88 Å². The summed E-state index contributed by atoms with van der Waals surface area (Å²) < 4.78 is 0. The topological polar surface area (TPSA) is 53.4 Å². The minimum Gasteiger partial charge on any atom is -0.396 e. The standard InChI is InChI=1S/C12H14Cl2N2O2/c13-10-6-15-11(14)5-9(10)12(18)16-3-1-8(7-16)2-4-17/h5-6,8,17H,1-4,7H2. The van der Waals surface area contributed by atoms with E-state index in [1.807, 2.05) is 0 Å². The van der Waals surface area contributed by atoms with Crippen molar-refractivity contribution in [3.05, 3.63) is 28.0 Å². The molecule has 1 aromatic heterocycles. The van der Waals surface area contributed by atoms with Crippen LogP contribution in [-0.2, 0) is 0 Å². The molecule has 1 unspecified atom stereocenters. The van der Waals surface area contributed by atoms with Gasteiger partial charge in [0.15, 0.2) is 0 Å². The lowest BCUT2D eigenvalue weighted by atomic mass is 10.1. The third-order valence-electron chi connectivity index (χ3n) is 3.16. The first-order valence-electron chi connectivity index (χ1n) is 5.83. The number of aliphatic hydroxyl groups excluding tert-OH is 1. The van der Waals surface area contributed by atoms with Crippen LogP contribution in [0.5, 0.6) is 0 Å². The van der Waals surface area contributed by atoms with Crippen molar-refractivity contribution < 1.29 is 9.90 Å². The monoisotopic (exact) mass is 288 g/mol. The Morgan fingerprint density at radius 1 is 1.56 bits per heavy atom. The molecule has 0 aliphatic carbocycles. The molecule has 0 saturated carbocycles. The van der Waals surface area contributed by atoms with E-state index in [2.05, 4.69) is 4.98 Å². The van der Waals surface area contributed by atoms with E-state index in [-0.39, 0.29) is 17.7 Å². The predicted molar refractivity (Wildman–Crippen MR) is 70.0 cm³/mol. The number of halogens is 2. The molecule has 1 N–H and O–H groups in total. The second-order valence-electron chi connectivity index (χ2n) is 4.41. The number of hydrogen-bond acceptors (Lipinski definition) is 3. The Morgan fingerprint density at radius 3 is 3.06 bits per heavy atom. The van der Waals surface area contributed by atoms with Crippen molar-refractivity contribution in [3.8, 4) is 0 Å². The number of rotatable bonds is 3. The van der Waals surface area contributed by atoms with Crippen LogP contribution in [-0.4, -0.2) is 40.6 Å². The summed E-state index contributed by atoms with van der Waals surface area (Å²) in [5.41, 5.74) is 0.390. The molecule has 2 rings (SSSR count). The van der Waals surface area contributed by atoms with Gasteiger partial charge in [-0.2, -0.15) is 0 Å². The van der Waals surface area contributed by atoms with Crippen molar-refractivity contribution in [1.29, 1.82) is 0 Å². The summed E-state index contributed by atoms with van der Waals surface area (Å²) in [7, 11) is 0. The Balaban J connectivity index is 2.10. The van der Waals surface area contributed by atoms with E-state index >= 15 is 0 Å². The van der Waals surface area contributed by atoms with Crippen LogP contribution in [0.3, 0.4) is 0 Å². The van der Waals surface area contributed by atoms with Crippen LogP contribution in [0.1, 0.15) is 23.2 Å². The number of aromatic nitrogens is 1. The average Bonchev–Trinajstić information content (AvgIpc) is 2.80. The quantitative estimate of drug-likeness (QED) is 0.868. The van der Waals surface area contributed by atoms with Gasteiger partial charge in [-0.15, -0.1) is 0 Å². The second kappa shape index (κ2) is 5.87. The van der Waals surface area contributed by atoms with Gasteiger partial charge < -0.3 is 10.0 Å². The summed E-state index contributed by atoms with van der Waals surface area (Å²) in [6.45, 7) is 1.52. The van der Waals surface area contributed by atoms with Crippen LogP contribution in [0, 0.1) is 5.92 Å². The zero-order valence-electron chi connectivity index (χ0n) is 9.77. The number of hydrogen-bond donors (Lipinski definition) is 1. The molecule has 1 amide bonds. The Kier molecular flexibility index (Phi) is 4.43. The molecule has 0 spiro atoms. The third-order valence-corrected chi connectivity index (χ3v) is 3.67. The molecule has 98 valence electrons. The van der Waals surface area contributed by atoms with Gasteiger partial charge in [0.2, 0.25) is 0 Å². The molecule has 6 heteroatoms. The van der Waals surface area contributed by atoms with Crippen LogP contribution >= 0.6 is 23.2 Å². The molecule has 4 nitrogen and oxygen atoms in total. The Bertz CT molecular complexity index is 454. The van der Waals surface area contributed by atoms with Crippen molar-refractivity contribution in [2.45, 2.75) is 12.8 Å². The van der Waals surface area contributed by atoms with Gasteiger partial charge >= 0.3 is 0 Å². The summed E-state index contributed by atoms with van der Waals surface area (Å²) in [6, 6.07) is 1.49. The molecule has 1 fully saturated rings. The largest absolute Gasteiger partial charge is 0.396 e. The molecular formula is C12H14Cl2N2O2. The molecule has 1 aliphatic heterocycles. The van der Waals surface area contributed by atoms with Gasteiger partial charge in [0, 0.05) is 25.9 Å². The van der Waals surface area contributed by atoms with Crippen LogP contribution in [0.15, 0.2) is 12.3 Å². The molecule has 0 aromatic carbocycles. The van der Waals surface area contributed by atoms with E-state index in [1.54, 1.807) is 4.90 Å². The Hall–Kier alpha value is -0.840. The lowest BCUT2D eigenvalue weighted by Crippen LogP contribution is -2.29. The van der Waals surface area contributed by atoms with Gasteiger partial charge in [0.1, 0.15) is 5.15 Å². The average molecular weight is 289 g/mol. The first-order chi connectivity index (χ1) is 8.61. The smallest absolute Gasteiger partial charge is 0.255 e. The molecule has 1 saturated heterocycles. The number of pyridine rings is 1. The SMILES string of the molecule is O=C(c1cc(Cl)ncc1Cl)N1CCC(CCO)C1. The maximum absolute atomic E-state index is 12.3. The summed E-state index contributed by atoms with van der Waals surface area (Å²) in [5, 5.41) is 9.47. The van der Waals surface area contributed by atoms with Crippen LogP contribution in [0.25, 0.3) is 0 Å². The second-order valence-corrected chi connectivity index (χ2v) is 5.20. The lowest BCUT2D eigenvalue weighted by Gasteiger charge is -2.17. The van der Waals surface area contributed by atoms with Gasteiger partial charge in [-0.05, 0) is 24.8 Å². The fourth-order valence-corrected chi connectivity index (χ4v) is 2.52. The fraction of sp³-hybridized carbons (Fsp3) is 0.500. The summed E-state index contributed by atoms with van der Waals surface area (Å²) >= 11 is 11.7. The number of likely N-dealkylation sites (tertiary alicyclic amines) is 1. The van der Waals surface area contributed by atoms with Crippen LogP contribution in [0.2, 0.25) is 10.2 Å². The highest BCUT2D eigenvalue weighted by atomic mass is 35.5. The minimum absolute atomic E-state index is 0.121. The fourth-order valence-electron chi connectivity index (χ4n) is 2.18. The molecule has 18 heavy (non-hydrogen) atoms. The van der Waals surface area contributed by atoms with Crippen molar-refractivity contribution in [2.75, 3.05) is 19.7 Å². The maximum Gasteiger partial charge on any atom is 0.255 e. The highest BCUT2D eigenvalue weighted by Gasteiger charge is 2.27. The molecule has 1 aliphatic rings. The van der Waals surface area contributed by atoms with E-state index in [0.717, 1.165) is 12.8 Å². The summed E-state index contributed by atoms with van der Waals surface area (Å²) in [6.07, 6.45) is 3.04. The number of carbonyl (C=O) groups is 1. The van der Waals surface area contributed by atoms with Gasteiger partial charge in [0.25, 0.3) is 5.91 Å². The van der Waals surface area contributed by atoms with Gasteiger partial charge in [0.05, 0.1) is 10.6 Å². The minimum atomic E-state index is -0.121. The van der Waals surface area contributed by atoms with Gasteiger partial charge in [-0.1, -0.05) is 23.2 Å². The van der Waals surface area contributed by atoms with Crippen molar-refractivity contribution in [3.63, 3.8) is 0 Å². The molecule has 0 bridgehead atoms. The maximum atomic E-state index is 12.3. The third kappa shape index (κ3) is 2.94. The molecule has 2 heterocycles. The molecule has 0 radical (unpaired) electrons. The number of carbonyl (C=O) groups excluding carboxylic acids is 1. The van der Waals surface area contributed by atoms with Crippen molar-refractivity contribution >= 4 is 29.1 Å². The zero-order chi connectivity index (χ0) is 13.1. The highest BCUT2D eigenvalue weighted by Crippen LogP contribution is 2.25.